The molecule has 0 amide bonds. The van der Waals surface area contributed by atoms with Gasteiger partial charge in [-0.25, -0.2) is 0 Å². The molecule has 0 aliphatic heterocycles. The first kappa shape index (κ1) is 28.8. The van der Waals surface area contributed by atoms with E-state index in [2.05, 4.69) is 20.8 Å². The molecule has 0 rings (SSSR count). The van der Waals surface area contributed by atoms with Crippen LogP contribution in [0.2, 0.25) is 0 Å². The Morgan fingerprint density at radius 2 is 1.31 bits per heavy atom. The Morgan fingerprint density at radius 1 is 0.759 bits per heavy atom. The van der Waals surface area contributed by atoms with Crippen molar-refractivity contribution in [2.24, 2.45) is 0 Å². The van der Waals surface area contributed by atoms with Gasteiger partial charge in [0.05, 0.1) is 17.8 Å². The Balaban J connectivity index is 4.68. The molecule has 0 aromatic carbocycles. The lowest BCUT2D eigenvalue weighted by molar-refractivity contribution is -0.254. The molecule has 1 N–H and O–H groups in total. The molecule has 0 aromatic heterocycles. The summed E-state index contributed by atoms with van der Waals surface area (Å²) in [5, 5.41) is 10.8. The van der Waals surface area contributed by atoms with E-state index in [1.807, 2.05) is 13.8 Å². The van der Waals surface area contributed by atoms with Crippen LogP contribution in [0, 0.1) is 6.92 Å². The molecule has 3 unspecified atom stereocenters. The molecule has 0 saturated carbocycles. The van der Waals surface area contributed by atoms with Crippen LogP contribution in [0.5, 0.6) is 0 Å². The van der Waals surface area contributed by atoms with E-state index in [9.17, 15) is 5.11 Å². The first-order valence-electron chi connectivity index (χ1n) is 12.1. The molecule has 175 valence electrons. The van der Waals surface area contributed by atoms with E-state index < -0.39 is 17.5 Å². The zero-order chi connectivity index (χ0) is 22.2. The summed E-state index contributed by atoms with van der Waals surface area (Å²) >= 11 is 0. The maximum Gasteiger partial charge on any atom is 0.168 e. The van der Waals surface area contributed by atoms with Gasteiger partial charge in [-0.15, -0.1) is 0 Å². The Labute approximate surface area is 182 Å². The van der Waals surface area contributed by atoms with Crippen molar-refractivity contribution in [2.45, 2.75) is 141 Å². The number of rotatable bonds is 20. The SMILES string of the molecule is [CH2]C(CCC(CCCCC)(OC)OC(C)C)(OC)C(O)CCCCCCCCC. The van der Waals surface area contributed by atoms with Gasteiger partial charge in [0.25, 0.3) is 0 Å². The Bertz CT molecular complexity index is 374. The van der Waals surface area contributed by atoms with Crippen LogP contribution in [-0.4, -0.2) is 42.9 Å². The number of unbranched alkanes of at least 4 members (excludes halogenated alkanes) is 8. The average Bonchev–Trinajstić information content (AvgIpc) is 2.70. The number of aliphatic hydroxyl groups excluding tert-OH is 1. The van der Waals surface area contributed by atoms with Crippen molar-refractivity contribution in [1.82, 2.24) is 0 Å². The van der Waals surface area contributed by atoms with E-state index in [0.717, 1.165) is 44.9 Å². The zero-order valence-corrected chi connectivity index (χ0v) is 20.4. The maximum absolute atomic E-state index is 10.8. The highest BCUT2D eigenvalue weighted by molar-refractivity contribution is 4.93. The van der Waals surface area contributed by atoms with Gasteiger partial charge in [0, 0.05) is 27.1 Å². The second-order valence-corrected chi connectivity index (χ2v) is 8.93. The molecule has 29 heavy (non-hydrogen) atoms. The fraction of sp³-hybridized carbons (Fsp3) is 0.960. The summed E-state index contributed by atoms with van der Waals surface area (Å²) in [5.41, 5.74) is -0.822. The summed E-state index contributed by atoms with van der Waals surface area (Å²) in [6.45, 7) is 12.8. The quantitative estimate of drug-likeness (QED) is 0.175. The molecule has 1 radical (unpaired) electrons. The number of hydrogen-bond donors (Lipinski definition) is 1. The van der Waals surface area contributed by atoms with Crippen molar-refractivity contribution < 1.29 is 19.3 Å². The number of methoxy groups -OCH3 is 2. The Hall–Kier alpha value is -0.160. The van der Waals surface area contributed by atoms with Crippen LogP contribution in [0.25, 0.3) is 0 Å². The monoisotopic (exact) mass is 415 g/mol. The van der Waals surface area contributed by atoms with Crippen LogP contribution in [0.15, 0.2) is 0 Å². The summed E-state index contributed by atoms with van der Waals surface area (Å²) in [7, 11) is 3.37. The summed E-state index contributed by atoms with van der Waals surface area (Å²) in [5.74, 6) is -0.635. The van der Waals surface area contributed by atoms with Crippen molar-refractivity contribution in [1.29, 1.82) is 0 Å². The number of aliphatic hydroxyl groups is 1. The first-order chi connectivity index (χ1) is 13.8. The van der Waals surface area contributed by atoms with E-state index in [0.29, 0.717) is 12.8 Å². The molecule has 4 heteroatoms. The smallest absolute Gasteiger partial charge is 0.168 e. The van der Waals surface area contributed by atoms with Gasteiger partial charge in [-0.3, -0.25) is 0 Å². The van der Waals surface area contributed by atoms with Gasteiger partial charge in [-0.2, -0.15) is 0 Å². The van der Waals surface area contributed by atoms with E-state index >= 15 is 0 Å². The molecular weight excluding hydrogens is 364 g/mol. The molecule has 0 aromatic rings. The zero-order valence-electron chi connectivity index (χ0n) is 20.4. The Morgan fingerprint density at radius 3 is 1.83 bits per heavy atom. The lowest BCUT2D eigenvalue weighted by atomic mass is 9.86. The van der Waals surface area contributed by atoms with Gasteiger partial charge in [-0.1, -0.05) is 71.6 Å². The third kappa shape index (κ3) is 12.3. The molecule has 0 aliphatic carbocycles. The summed E-state index contributed by atoms with van der Waals surface area (Å²) in [6.07, 6.45) is 14.4. The van der Waals surface area contributed by atoms with Gasteiger partial charge in [0.1, 0.15) is 0 Å². The largest absolute Gasteiger partial charge is 0.390 e. The topological polar surface area (TPSA) is 47.9 Å². The lowest BCUT2D eigenvalue weighted by Gasteiger charge is -2.39. The molecule has 0 aliphatic rings. The van der Waals surface area contributed by atoms with Crippen molar-refractivity contribution in [3.63, 3.8) is 0 Å². The molecule has 0 spiro atoms. The van der Waals surface area contributed by atoms with E-state index in [-0.39, 0.29) is 6.10 Å². The van der Waals surface area contributed by atoms with Crippen molar-refractivity contribution in [2.75, 3.05) is 14.2 Å². The minimum atomic E-state index is -0.822. The van der Waals surface area contributed by atoms with Crippen LogP contribution in [0.1, 0.15) is 118 Å². The fourth-order valence-electron chi connectivity index (χ4n) is 3.93. The molecule has 3 atom stereocenters. The van der Waals surface area contributed by atoms with Gasteiger partial charge < -0.3 is 19.3 Å². The molecular formula is C25H51O4. The van der Waals surface area contributed by atoms with Crippen molar-refractivity contribution in [3.8, 4) is 0 Å². The standard InChI is InChI=1S/C25H51O4/c1-8-10-12-13-14-15-16-18-23(26)24(5,27-6)20-21-25(28-7,29-22(3)4)19-17-11-9-2/h22-23,26H,5,8-21H2,1-4,6-7H3. The van der Waals surface area contributed by atoms with Gasteiger partial charge >= 0.3 is 0 Å². The highest BCUT2D eigenvalue weighted by Crippen LogP contribution is 2.34. The fourth-order valence-corrected chi connectivity index (χ4v) is 3.93. The Kier molecular flexibility index (Phi) is 16.4. The van der Waals surface area contributed by atoms with E-state index in [1.54, 1.807) is 14.2 Å². The normalized spacial score (nSPS) is 17.3. The third-order valence-corrected chi connectivity index (χ3v) is 6.01. The second kappa shape index (κ2) is 16.5. The number of hydrogen-bond acceptors (Lipinski definition) is 4. The van der Waals surface area contributed by atoms with Gasteiger partial charge in [-0.05, 0) is 40.0 Å². The molecule has 4 nitrogen and oxygen atoms in total. The summed E-state index contributed by atoms with van der Waals surface area (Å²) in [6, 6.07) is 0. The van der Waals surface area contributed by atoms with Crippen LogP contribution < -0.4 is 0 Å². The van der Waals surface area contributed by atoms with Crippen LogP contribution >= 0.6 is 0 Å². The number of ether oxygens (including phenoxy) is 3. The summed E-state index contributed by atoms with van der Waals surface area (Å²) < 4.78 is 17.8. The lowest BCUT2D eigenvalue weighted by Crippen LogP contribution is -2.45. The molecule has 0 heterocycles. The predicted octanol–water partition coefficient (Wildman–Crippen LogP) is 6.84. The van der Waals surface area contributed by atoms with Crippen molar-refractivity contribution in [3.05, 3.63) is 6.92 Å². The minimum absolute atomic E-state index is 0.0796. The highest BCUT2D eigenvalue weighted by atomic mass is 16.7. The minimum Gasteiger partial charge on any atom is -0.390 e. The predicted molar refractivity (Wildman–Crippen MR) is 123 cm³/mol. The maximum atomic E-state index is 10.8. The van der Waals surface area contributed by atoms with Crippen LogP contribution in [0.4, 0.5) is 0 Å². The first-order valence-corrected chi connectivity index (χ1v) is 12.1. The summed E-state index contributed by atoms with van der Waals surface area (Å²) in [4.78, 5) is 0. The molecule has 0 bridgehead atoms. The van der Waals surface area contributed by atoms with Crippen LogP contribution in [0.3, 0.4) is 0 Å². The molecule has 0 fully saturated rings. The third-order valence-electron chi connectivity index (χ3n) is 6.01. The average molecular weight is 416 g/mol. The molecule has 0 saturated heterocycles. The highest BCUT2D eigenvalue weighted by Gasteiger charge is 2.39. The van der Waals surface area contributed by atoms with E-state index in [1.165, 1.54) is 32.1 Å². The van der Waals surface area contributed by atoms with E-state index in [4.69, 9.17) is 14.2 Å². The van der Waals surface area contributed by atoms with Gasteiger partial charge in [0.15, 0.2) is 5.79 Å². The van der Waals surface area contributed by atoms with Crippen LogP contribution in [-0.2, 0) is 14.2 Å². The van der Waals surface area contributed by atoms with Crippen molar-refractivity contribution >= 4 is 0 Å². The second-order valence-electron chi connectivity index (χ2n) is 8.93. The van der Waals surface area contributed by atoms with Gasteiger partial charge in [0.2, 0.25) is 0 Å².